The molecule has 0 aromatic rings. The second-order valence-corrected chi connectivity index (χ2v) is 6.62. The fourth-order valence-corrected chi connectivity index (χ4v) is 3.18. The van der Waals surface area contributed by atoms with Gasteiger partial charge in [-0.05, 0) is 25.7 Å². The lowest BCUT2D eigenvalue weighted by Crippen LogP contribution is -2.37. The van der Waals surface area contributed by atoms with Crippen molar-refractivity contribution in [3.8, 4) is 0 Å². The van der Waals surface area contributed by atoms with Crippen molar-refractivity contribution in [3.05, 3.63) is 0 Å². The molecule has 1 saturated heterocycles. The van der Waals surface area contributed by atoms with Crippen LogP contribution in [0.25, 0.3) is 0 Å². The van der Waals surface area contributed by atoms with E-state index in [1.165, 1.54) is 44.9 Å². The second kappa shape index (κ2) is 10.6. The summed E-state index contributed by atoms with van der Waals surface area (Å²) in [5, 5.41) is 9.35. The molecule has 0 radical (unpaired) electrons. The van der Waals surface area contributed by atoms with Gasteiger partial charge in [-0.15, -0.1) is 0 Å². The molecule has 0 aromatic carbocycles. The summed E-state index contributed by atoms with van der Waals surface area (Å²) in [6.45, 7) is 0.487. The van der Waals surface area contributed by atoms with Gasteiger partial charge in [0.15, 0.2) is 0 Å². The SMILES string of the molecule is OCC1CCCOOC2(CCCCCCCCCCC2)OO1. The van der Waals surface area contributed by atoms with Crippen molar-refractivity contribution in [2.24, 2.45) is 0 Å². The largest absolute Gasteiger partial charge is 0.394 e. The van der Waals surface area contributed by atoms with E-state index in [1.54, 1.807) is 0 Å². The van der Waals surface area contributed by atoms with E-state index in [0.717, 1.165) is 38.5 Å². The molecule has 5 heteroatoms. The van der Waals surface area contributed by atoms with Crippen LogP contribution in [-0.2, 0) is 19.6 Å². The number of rotatable bonds is 1. The van der Waals surface area contributed by atoms with Crippen molar-refractivity contribution in [1.82, 2.24) is 0 Å². The van der Waals surface area contributed by atoms with E-state index in [4.69, 9.17) is 19.6 Å². The van der Waals surface area contributed by atoms with E-state index in [-0.39, 0.29) is 12.7 Å². The Kier molecular flexibility index (Phi) is 8.70. The lowest BCUT2D eigenvalue weighted by atomic mass is 9.97. The third-order valence-electron chi connectivity index (χ3n) is 4.62. The first-order chi connectivity index (χ1) is 10.8. The third kappa shape index (κ3) is 6.50. The van der Waals surface area contributed by atoms with Gasteiger partial charge in [0.1, 0.15) is 6.10 Å². The van der Waals surface area contributed by atoms with Crippen LogP contribution in [0.1, 0.15) is 83.5 Å². The van der Waals surface area contributed by atoms with Crippen molar-refractivity contribution in [2.75, 3.05) is 13.2 Å². The summed E-state index contributed by atoms with van der Waals surface area (Å²) in [6.07, 6.45) is 13.8. The van der Waals surface area contributed by atoms with Crippen LogP contribution >= 0.6 is 0 Å². The molecule has 0 aromatic heterocycles. The fourth-order valence-electron chi connectivity index (χ4n) is 3.18. The molecule has 1 spiro atoms. The van der Waals surface area contributed by atoms with E-state index in [9.17, 15) is 5.11 Å². The topological polar surface area (TPSA) is 57.2 Å². The summed E-state index contributed by atoms with van der Waals surface area (Å²) in [5.41, 5.74) is 0. The van der Waals surface area contributed by atoms with E-state index in [2.05, 4.69) is 0 Å². The molecule has 2 fully saturated rings. The van der Waals surface area contributed by atoms with Gasteiger partial charge in [0, 0.05) is 12.8 Å². The molecule has 1 atom stereocenters. The van der Waals surface area contributed by atoms with E-state index >= 15 is 0 Å². The molecule has 1 aliphatic carbocycles. The van der Waals surface area contributed by atoms with Gasteiger partial charge >= 0.3 is 0 Å². The van der Waals surface area contributed by atoms with Crippen molar-refractivity contribution in [3.63, 3.8) is 0 Å². The summed E-state index contributed by atoms with van der Waals surface area (Å²) in [7, 11) is 0. The minimum Gasteiger partial charge on any atom is -0.394 e. The zero-order valence-corrected chi connectivity index (χ0v) is 13.8. The minimum atomic E-state index is -0.809. The van der Waals surface area contributed by atoms with Crippen molar-refractivity contribution >= 4 is 0 Å². The quantitative estimate of drug-likeness (QED) is 0.740. The van der Waals surface area contributed by atoms with Crippen LogP contribution in [0.15, 0.2) is 0 Å². The maximum atomic E-state index is 9.35. The standard InChI is InChI=1S/C17H32O5/c18-15-16-11-10-14-19-21-17(22-20-16)12-8-6-4-2-1-3-5-7-9-13-17/h16,18H,1-15H2. The van der Waals surface area contributed by atoms with Crippen LogP contribution in [0.2, 0.25) is 0 Å². The maximum absolute atomic E-state index is 9.35. The van der Waals surface area contributed by atoms with E-state index in [1.807, 2.05) is 0 Å². The molecule has 0 bridgehead atoms. The fraction of sp³-hybridized carbons (Fsp3) is 1.00. The normalized spacial score (nSPS) is 29.6. The molecule has 5 nitrogen and oxygen atoms in total. The molecule has 2 aliphatic rings. The summed E-state index contributed by atoms with van der Waals surface area (Å²) in [5.74, 6) is -0.809. The molecule has 1 heterocycles. The zero-order chi connectivity index (χ0) is 15.5. The first kappa shape index (κ1) is 18.1. The highest BCUT2D eigenvalue weighted by Crippen LogP contribution is 2.31. The highest BCUT2D eigenvalue weighted by molar-refractivity contribution is 4.70. The van der Waals surface area contributed by atoms with Crippen LogP contribution in [0.5, 0.6) is 0 Å². The van der Waals surface area contributed by atoms with Gasteiger partial charge in [-0.25, -0.2) is 9.78 Å². The van der Waals surface area contributed by atoms with Gasteiger partial charge in [-0.1, -0.05) is 44.9 Å². The Morgan fingerprint density at radius 1 is 0.773 bits per heavy atom. The first-order valence-corrected chi connectivity index (χ1v) is 9.11. The third-order valence-corrected chi connectivity index (χ3v) is 4.62. The monoisotopic (exact) mass is 316 g/mol. The lowest BCUT2D eigenvalue weighted by Gasteiger charge is -2.31. The lowest BCUT2D eigenvalue weighted by molar-refractivity contribution is -0.519. The van der Waals surface area contributed by atoms with E-state index < -0.39 is 5.79 Å². The smallest absolute Gasteiger partial charge is 0.234 e. The zero-order valence-electron chi connectivity index (χ0n) is 13.8. The van der Waals surface area contributed by atoms with Crippen molar-refractivity contribution < 1.29 is 24.7 Å². The summed E-state index contributed by atoms with van der Waals surface area (Å²) < 4.78 is 0. The van der Waals surface area contributed by atoms with Gasteiger partial charge in [0.2, 0.25) is 5.79 Å². The summed E-state index contributed by atoms with van der Waals surface area (Å²) in [6, 6.07) is 0. The highest BCUT2D eigenvalue weighted by atomic mass is 17.3. The summed E-state index contributed by atoms with van der Waals surface area (Å²) >= 11 is 0. The molecule has 1 N–H and O–H groups in total. The van der Waals surface area contributed by atoms with Gasteiger partial charge in [0.05, 0.1) is 13.2 Å². The number of hydrogen-bond acceptors (Lipinski definition) is 5. The number of aliphatic hydroxyl groups is 1. The Balaban J connectivity index is 1.95. The molecule has 1 unspecified atom stereocenters. The molecule has 0 amide bonds. The second-order valence-electron chi connectivity index (χ2n) is 6.62. The first-order valence-electron chi connectivity index (χ1n) is 9.11. The van der Waals surface area contributed by atoms with Gasteiger partial charge < -0.3 is 5.11 Å². The van der Waals surface area contributed by atoms with E-state index in [0.29, 0.717) is 6.61 Å². The van der Waals surface area contributed by atoms with Crippen LogP contribution in [0.4, 0.5) is 0 Å². The Hall–Kier alpha value is -0.200. The van der Waals surface area contributed by atoms with Crippen molar-refractivity contribution in [1.29, 1.82) is 0 Å². The average molecular weight is 316 g/mol. The minimum absolute atomic E-state index is 0.0317. The molecular weight excluding hydrogens is 284 g/mol. The molecule has 22 heavy (non-hydrogen) atoms. The highest BCUT2D eigenvalue weighted by Gasteiger charge is 2.36. The van der Waals surface area contributed by atoms with Gasteiger partial charge in [-0.2, -0.15) is 9.78 Å². The Bertz CT molecular complexity index is 272. The van der Waals surface area contributed by atoms with Crippen LogP contribution in [-0.4, -0.2) is 30.2 Å². The van der Waals surface area contributed by atoms with Crippen LogP contribution in [0.3, 0.4) is 0 Å². The number of hydrogen-bond donors (Lipinski definition) is 1. The Labute approximate surface area is 134 Å². The van der Waals surface area contributed by atoms with Gasteiger partial charge in [0.25, 0.3) is 0 Å². The molecule has 1 aliphatic heterocycles. The molecule has 2 rings (SSSR count). The molecule has 130 valence electrons. The Morgan fingerprint density at radius 2 is 1.36 bits per heavy atom. The van der Waals surface area contributed by atoms with Crippen LogP contribution in [0, 0.1) is 0 Å². The van der Waals surface area contributed by atoms with Crippen molar-refractivity contribution in [2.45, 2.75) is 95.4 Å². The summed E-state index contributed by atoms with van der Waals surface area (Å²) in [4.78, 5) is 22.2. The predicted molar refractivity (Wildman–Crippen MR) is 82.8 cm³/mol. The molecular formula is C17H32O5. The van der Waals surface area contributed by atoms with Crippen LogP contribution < -0.4 is 0 Å². The molecule has 1 saturated carbocycles. The maximum Gasteiger partial charge on any atom is 0.234 e. The number of aliphatic hydroxyl groups excluding tert-OH is 1. The predicted octanol–water partition coefficient (Wildman–Crippen LogP) is 4.04. The average Bonchev–Trinajstić information content (AvgIpc) is 2.62. The van der Waals surface area contributed by atoms with Gasteiger partial charge in [-0.3, -0.25) is 0 Å². The Morgan fingerprint density at radius 3 is 1.95 bits per heavy atom.